The maximum atomic E-state index is 7.04. The van der Waals surface area contributed by atoms with E-state index in [1.807, 2.05) is 30.3 Å². The molecular formula is C26H34ClP. The first-order valence-corrected chi connectivity index (χ1v) is 12.2. The summed E-state index contributed by atoms with van der Waals surface area (Å²) in [5.41, 5.74) is 8.49. The van der Waals surface area contributed by atoms with Gasteiger partial charge in [-0.2, -0.15) is 0 Å². The van der Waals surface area contributed by atoms with E-state index in [-0.39, 0.29) is 16.2 Å². The molecule has 0 aliphatic heterocycles. The maximum absolute atomic E-state index is 7.04. The first-order chi connectivity index (χ1) is 12.7. The van der Waals surface area contributed by atoms with Crippen molar-refractivity contribution in [3.63, 3.8) is 0 Å². The zero-order valence-corrected chi connectivity index (χ0v) is 20.5. The predicted molar refractivity (Wildman–Crippen MR) is 128 cm³/mol. The van der Waals surface area contributed by atoms with Crippen molar-refractivity contribution in [3.8, 4) is 11.6 Å². The van der Waals surface area contributed by atoms with E-state index in [0.717, 1.165) is 5.56 Å². The van der Waals surface area contributed by atoms with Gasteiger partial charge in [0.15, 0.2) is 0 Å². The first kappa shape index (κ1) is 23.0. The van der Waals surface area contributed by atoms with E-state index in [4.69, 9.17) is 11.2 Å². The van der Waals surface area contributed by atoms with Crippen LogP contribution >= 0.6 is 18.5 Å². The fraction of sp³-hybridized carbons (Fsp3) is 0.462. The molecule has 0 amide bonds. The van der Waals surface area contributed by atoms with Gasteiger partial charge < -0.3 is 0 Å². The van der Waals surface area contributed by atoms with Crippen molar-refractivity contribution in [3.05, 3.63) is 64.7 Å². The second-order valence-electron chi connectivity index (χ2n) is 10.6. The zero-order chi connectivity index (χ0) is 21.3. The Kier molecular flexibility index (Phi) is 6.76. The fourth-order valence-electron chi connectivity index (χ4n) is 3.11. The lowest BCUT2D eigenvalue weighted by atomic mass is 9.75. The van der Waals surface area contributed by atoms with Crippen molar-refractivity contribution in [2.24, 2.45) is 0 Å². The van der Waals surface area contributed by atoms with Gasteiger partial charge >= 0.3 is 0 Å². The first-order valence-electron chi connectivity index (χ1n) is 9.93. The van der Waals surface area contributed by atoms with Crippen LogP contribution in [0.15, 0.2) is 42.5 Å². The number of rotatable bonds is 1. The fourth-order valence-corrected chi connectivity index (χ4v) is 5.35. The van der Waals surface area contributed by atoms with Crippen LogP contribution in [0, 0.1) is 11.6 Å². The van der Waals surface area contributed by atoms with Gasteiger partial charge in [0.25, 0.3) is 0 Å². The van der Waals surface area contributed by atoms with Gasteiger partial charge in [0.2, 0.25) is 0 Å². The van der Waals surface area contributed by atoms with Gasteiger partial charge in [-0.3, -0.25) is 0 Å². The minimum absolute atomic E-state index is 0.000490. The van der Waals surface area contributed by atoms with Gasteiger partial charge in [-0.25, -0.2) is 0 Å². The highest BCUT2D eigenvalue weighted by atomic mass is 35.7. The molecule has 0 bridgehead atoms. The number of benzene rings is 2. The van der Waals surface area contributed by atoms with Crippen LogP contribution in [0.3, 0.4) is 0 Å². The van der Waals surface area contributed by atoms with Crippen molar-refractivity contribution < 1.29 is 0 Å². The summed E-state index contributed by atoms with van der Waals surface area (Å²) < 4.78 is 0. The van der Waals surface area contributed by atoms with Crippen molar-refractivity contribution >= 4 is 23.8 Å². The van der Waals surface area contributed by atoms with E-state index < -0.39 is 7.27 Å². The van der Waals surface area contributed by atoms with Gasteiger partial charge in [-0.05, 0) is 50.7 Å². The Morgan fingerprint density at radius 2 is 1.18 bits per heavy atom. The number of hydrogen-bond acceptors (Lipinski definition) is 0. The normalized spacial score (nSPS) is 13.6. The maximum Gasteiger partial charge on any atom is 0.0997 e. The molecule has 0 aliphatic rings. The molecule has 0 spiro atoms. The van der Waals surface area contributed by atoms with Crippen LogP contribution in [0.4, 0.5) is 0 Å². The molecule has 0 heterocycles. The van der Waals surface area contributed by atoms with Gasteiger partial charge in [0.1, 0.15) is 0 Å². The molecule has 0 aromatic heterocycles. The number of hydrogen-bond donors (Lipinski definition) is 0. The molecule has 150 valence electrons. The Balaban J connectivity index is 2.75. The second kappa shape index (κ2) is 8.22. The summed E-state index contributed by atoms with van der Waals surface area (Å²) in [5, 5.41) is 1.24. The summed E-state index contributed by atoms with van der Waals surface area (Å²) in [5.74, 6) is 3.29. The molecular weight excluding hydrogens is 379 g/mol. The summed E-state index contributed by atoms with van der Waals surface area (Å²) in [4.78, 5) is 0. The molecule has 0 aliphatic carbocycles. The van der Waals surface area contributed by atoms with Crippen molar-refractivity contribution in [2.75, 3.05) is 0 Å². The molecule has 2 heteroatoms. The Morgan fingerprint density at radius 3 is 1.57 bits per heavy atom. The molecule has 28 heavy (non-hydrogen) atoms. The lowest BCUT2D eigenvalue weighted by Crippen LogP contribution is -2.31. The van der Waals surface area contributed by atoms with Crippen molar-refractivity contribution in [1.29, 1.82) is 0 Å². The van der Waals surface area contributed by atoms with E-state index in [1.165, 1.54) is 22.0 Å². The summed E-state index contributed by atoms with van der Waals surface area (Å²) in [7, 11) is -1.11. The van der Waals surface area contributed by atoms with Gasteiger partial charge in [0, 0.05) is 10.9 Å². The molecule has 0 saturated heterocycles. The molecule has 1 unspecified atom stereocenters. The van der Waals surface area contributed by atoms with Crippen LogP contribution in [0.5, 0.6) is 0 Å². The Labute approximate surface area is 178 Å². The molecule has 2 aromatic rings. The van der Waals surface area contributed by atoms with E-state index in [9.17, 15) is 0 Å². The summed E-state index contributed by atoms with van der Waals surface area (Å²) in [6.45, 7) is 20.5. The highest BCUT2D eigenvalue weighted by molar-refractivity contribution is 7.93. The molecule has 0 N–H and O–H groups in total. The third kappa shape index (κ3) is 5.63. The van der Waals surface area contributed by atoms with Crippen LogP contribution in [-0.2, 0) is 16.2 Å². The highest BCUT2D eigenvalue weighted by Crippen LogP contribution is 2.46. The number of halogens is 1. The second-order valence-corrected chi connectivity index (χ2v) is 12.8. The topological polar surface area (TPSA) is 0 Å². The standard InChI is InChI=1S/C26H34ClP/c1-24(2,3)20-17-21(25(4,5)6)23(22(18-20)26(7,8)9)28(27)16-15-19-13-11-10-12-14-19/h10-14,17-18H,1-9H3. The van der Waals surface area contributed by atoms with Crippen molar-refractivity contribution in [2.45, 2.75) is 78.6 Å². The Hall–Kier alpha value is -1.28. The van der Waals surface area contributed by atoms with Crippen LogP contribution in [0.2, 0.25) is 0 Å². The predicted octanol–water partition coefficient (Wildman–Crippen LogP) is 7.85. The van der Waals surface area contributed by atoms with Crippen LogP contribution in [0.25, 0.3) is 0 Å². The average Bonchev–Trinajstić information content (AvgIpc) is 2.57. The van der Waals surface area contributed by atoms with Crippen LogP contribution in [0.1, 0.15) is 84.6 Å². The van der Waals surface area contributed by atoms with Gasteiger partial charge in [-0.15, -0.1) is 0 Å². The van der Waals surface area contributed by atoms with Crippen molar-refractivity contribution in [1.82, 2.24) is 0 Å². The molecule has 2 aromatic carbocycles. The average molecular weight is 413 g/mol. The Bertz CT molecular complexity index is 843. The zero-order valence-electron chi connectivity index (χ0n) is 18.9. The third-order valence-corrected chi connectivity index (χ3v) is 6.80. The van der Waals surface area contributed by atoms with Crippen LogP contribution < -0.4 is 5.30 Å². The lowest BCUT2D eigenvalue weighted by molar-refractivity contribution is 0.554. The summed E-state index contributed by atoms with van der Waals surface area (Å²) in [6, 6.07) is 14.8. The minimum Gasteiger partial charge on any atom is -0.0763 e. The molecule has 0 nitrogen and oxygen atoms in total. The Morgan fingerprint density at radius 1 is 0.714 bits per heavy atom. The smallest absolute Gasteiger partial charge is 0.0763 e. The van der Waals surface area contributed by atoms with E-state index in [1.54, 1.807) is 0 Å². The minimum atomic E-state index is -1.11. The molecule has 1 atom stereocenters. The van der Waals surface area contributed by atoms with Gasteiger partial charge in [0.05, 0.1) is 7.27 Å². The summed E-state index contributed by atoms with van der Waals surface area (Å²) >= 11 is 7.04. The van der Waals surface area contributed by atoms with E-state index >= 15 is 0 Å². The van der Waals surface area contributed by atoms with E-state index in [2.05, 4.69) is 86.0 Å². The molecule has 0 radical (unpaired) electrons. The largest absolute Gasteiger partial charge is 0.0997 e. The molecule has 2 rings (SSSR count). The lowest BCUT2D eigenvalue weighted by Gasteiger charge is -2.34. The van der Waals surface area contributed by atoms with Gasteiger partial charge in [-0.1, -0.05) is 110 Å². The molecule has 0 fully saturated rings. The quantitative estimate of drug-likeness (QED) is 0.330. The SMILES string of the molecule is CC(C)(C)c1cc(C(C)(C)C)c(P(Cl)C#Cc2ccccc2)c(C(C)(C)C)c1. The highest BCUT2D eigenvalue weighted by Gasteiger charge is 2.31. The van der Waals surface area contributed by atoms with Crippen LogP contribution in [-0.4, -0.2) is 0 Å². The monoisotopic (exact) mass is 412 g/mol. The van der Waals surface area contributed by atoms with E-state index in [0.29, 0.717) is 0 Å². The summed E-state index contributed by atoms with van der Waals surface area (Å²) in [6.07, 6.45) is 0. The molecule has 0 saturated carbocycles. The third-order valence-electron chi connectivity index (χ3n) is 4.86.